The molecular formula is C23H33N5O6S. The van der Waals surface area contributed by atoms with Gasteiger partial charge in [-0.05, 0) is 50.0 Å². The molecule has 1 fully saturated rings. The Kier molecular flexibility index (Phi) is 8.39. The Bertz CT molecular complexity index is 1100. The molecule has 0 radical (unpaired) electrons. The SMILES string of the molecule is CCNC(=O)NS(=O)(=O)c1cc(C(CC2(CC)C(=O)NC=C2C)NC=O)ccc1N1CCOCC1. The van der Waals surface area contributed by atoms with Gasteiger partial charge in [-0.1, -0.05) is 13.0 Å². The Balaban J connectivity index is 2.06. The third-order valence-electron chi connectivity index (χ3n) is 6.63. The summed E-state index contributed by atoms with van der Waals surface area (Å²) in [5.74, 6) is -0.161. The van der Waals surface area contributed by atoms with Crippen molar-refractivity contribution in [2.24, 2.45) is 5.41 Å². The number of carbonyl (C=O) groups excluding carboxylic acids is 3. The highest BCUT2D eigenvalue weighted by Crippen LogP contribution is 2.43. The Morgan fingerprint density at radius 1 is 1.29 bits per heavy atom. The molecule has 192 valence electrons. The van der Waals surface area contributed by atoms with Gasteiger partial charge in [0.05, 0.1) is 30.4 Å². The summed E-state index contributed by atoms with van der Waals surface area (Å²) in [5, 5.41) is 7.92. The van der Waals surface area contributed by atoms with Gasteiger partial charge in [-0.25, -0.2) is 17.9 Å². The first-order chi connectivity index (χ1) is 16.7. The van der Waals surface area contributed by atoms with Crippen molar-refractivity contribution in [2.75, 3.05) is 37.7 Å². The second-order valence-electron chi connectivity index (χ2n) is 8.57. The van der Waals surface area contributed by atoms with Crippen LogP contribution in [0.1, 0.15) is 45.2 Å². The van der Waals surface area contributed by atoms with Gasteiger partial charge >= 0.3 is 6.03 Å². The third kappa shape index (κ3) is 5.59. The lowest BCUT2D eigenvalue weighted by Crippen LogP contribution is -2.41. The maximum Gasteiger partial charge on any atom is 0.328 e. The summed E-state index contributed by atoms with van der Waals surface area (Å²) in [6.07, 6.45) is 2.96. The Hall–Kier alpha value is -3.12. The summed E-state index contributed by atoms with van der Waals surface area (Å²) >= 11 is 0. The second kappa shape index (κ2) is 11.1. The predicted molar refractivity (Wildman–Crippen MR) is 130 cm³/mol. The highest BCUT2D eigenvalue weighted by Gasteiger charge is 2.44. The Morgan fingerprint density at radius 2 is 2.00 bits per heavy atom. The van der Waals surface area contributed by atoms with E-state index in [4.69, 9.17) is 4.74 Å². The fraction of sp³-hybridized carbons (Fsp3) is 0.522. The van der Waals surface area contributed by atoms with Crippen molar-refractivity contribution < 1.29 is 27.5 Å². The van der Waals surface area contributed by atoms with E-state index in [-0.39, 0.29) is 23.8 Å². The van der Waals surface area contributed by atoms with Gasteiger partial charge in [-0.2, -0.15) is 0 Å². The lowest BCUT2D eigenvalue weighted by molar-refractivity contribution is -0.128. The maximum atomic E-state index is 13.3. The molecule has 4 amide bonds. The predicted octanol–water partition coefficient (Wildman–Crippen LogP) is 1.14. The molecule has 2 aliphatic rings. The van der Waals surface area contributed by atoms with Crippen molar-refractivity contribution in [1.29, 1.82) is 0 Å². The molecule has 2 aliphatic heterocycles. The lowest BCUT2D eigenvalue weighted by Gasteiger charge is -2.33. The van der Waals surface area contributed by atoms with E-state index >= 15 is 0 Å². The minimum atomic E-state index is -4.25. The highest BCUT2D eigenvalue weighted by molar-refractivity contribution is 7.90. The first kappa shape index (κ1) is 26.5. The monoisotopic (exact) mass is 507 g/mol. The quantitative estimate of drug-likeness (QED) is 0.347. The molecule has 2 heterocycles. The maximum absolute atomic E-state index is 13.3. The Morgan fingerprint density at radius 3 is 2.57 bits per heavy atom. The molecule has 2 unspecified atom stereocenters. The summed E-state index contributed by atoms with van der Waals surface area (Å²) in [4.78, 5) is 38.1. The third-order valence-corrected chi connectivity index (χ3v) is 7.99. The van der Waals surface area contributed by atoms with Crippen LogP contribution < -0.4 is 25.6 Å². The molecule has 0 aliphatic carbocycles. The fourth-order valence-electron chi connectivity index (χ4n) is 4.57. The average Bonchev–Trinajstić information content (AvgIpc) is 3.12. The van der Waals surface area contributed by atoms with E-state index in [0.29, 0.717) is 50.4 Å². The number of rotatable bonds is 10. The van der Waals surface area contributed by atoms with Gasteiger partial charge in [0, 0.05) is 25.8 Å². The van der Waals surface area contributed by atoms with Gasteiger partial charge in [0.25, 0.3) is 10.0 Å². The fourth-order valence-corrected chi connectivity index (χ4v) is 5.76. The van der Waals surface area contributed by atoms with Crippen LogP contribution in [0.25, 0.3) is 0 Å². The van der Waals surface area contributed by atoms with E-state index in [2.05, 4.69) is 20.7 Å². The molecule has 35 heavy (non-hydrogen) atoms. The molecule has 11 nitrogen and oxygen atoms in total. The number of urea groups is 1. The van der Waals surface area contributed by atoms with Gasteiger partial charge < -0.3 is 25.6 Å². The Labute approximate surface area is 205 Å². The van der Waals surface area contributed by atoms with Crippen LogP contribution in [-0.2, 0) is 24.3 Å². The van der Waals surface area contributed by atoms with E-state index < -0.39 is 27.5 Å². The summed E-state index contributed by atoms with van der Waals surface area (Å²) in [6, 6.07) is 3.40. The number of morpholine rings is 1. The average molecular weight is 508 g/mol. The van der Waals surface area contributed by atoms with Gasteiger partial charge in [0.1, 0.15) is 4.90 Å². The molecule has 2 atom stereocenters. The minimum Gasteiger partial charge on any atom is -0.378 e. The van der Waals surface area contributed by atoms with Crippen molar-refractivity contribution >= 4 is 34.1 Å². The number of hydrogen-bond donors (Lipinski definition) is 4. The van der Waals surface area contributed by atoms with Gasteiger partial charge in [0.2, 0.25) is 12.3 Å². The topological polar surface area (TPSA) is 146 Å². The van der Waals surface area contributed by atoms with E-state index in [1.165, 1.54) is 6.07 Å². The molecule has 0 aromatic heterocycles. The van der Waals surface area contributed by atoms with Crippen molar-refractivity contribution in [3.63, 3.8) is 0 Å². The van der Waals surface area contributed by atoms with Crippen LogP contribution in [-0.4, -0.2) is 59.6 Å². The zero-order valence-corrected chi connectivity index (χ0v) is 21.0. The number of anilines is 1. The molecule has 1 aromatic rings. The van der Waals surface area contributed by atoms with Crippen LogP contribution >= 0.6 is 0 Å². The number of amides is 4. The van der Waals surface area contributed by atoms with Crippen LogP contribution in [0.5, 0.6) is 0 Å². The smallest absolute Gasteiger partial charge is 0.328 e. The number of hydrogen-bond acceptors (Lipinski definition) is 7. The number of carbonyl (C=O) groups is 3. The highest BCUT2D eigenvalue weighted by atomic mass is 32.2. The first-order valence-electron chi connectivity index (χ1n) is 11.6. The normalized spacial score (nSPS) is 21.1. The van der Waals surface area contributed by atoms with Gasteiger partial charge in [-0.3, -0.25) is 9.59 Å². The van der Waals surface area contributed by atoms with Crippen LogP contribution in [0.3, 0.4) is 0 Å². The largest absolute Gasteiger partial charge is 0.378 e. The molecule has 0 saturated carbocycles. The van der Waals surface area contributed by atoms with E-state index in [1.54, 1.807) is 25.3 Å². The molecule has 3 rings (SSSR count). The standard InChI is InChI=1S/C23H33N5O6S/c1-4-23(16(3)14-25-21(23)30)13-18(26-15-29)17-6-7-19(28-8-10-34-11-9-28)20(12-17)35(32,33)27-22(31)24-5-2/h6-7,12,14-15,18H,4-5,8-11,13H2,1-3H3,(H,25,30)(H,26,29)(H2,24,27,31). The van der Waals surface area contributed by atoms with Crippen LogP contribution in [0.15, 0.2) is 34.9 Å². The minimum absolute atomic E-state index is 0.0884. The zero-order chi connectivity index (χ0) is 25.6. The molecular weight excluding hydrogens is 474 g/mol. The molecule has 0 spiro atoms. The zero-order valence-electron chi connectivity index (χ0n) is 20.2. The van der Waals surface area contributed by atoms with E-state index in [0.717, 1.165) is 5.57 Å². The molecule has 4 N–H and O–H groups in total. The number of nitrogens with one attached hydrogen (secondary N) is 4. The summed E-state index contributed by atoms with van der Waals surface area (Å²) in [7, 11) is -4.25. The number of nitrogens with zero attached hydrogens (tertiary/aromatic N) is 1. The van der Waals surface area contributed by atoms with Crippen LogP contribution in [0.4, 0.5) is 10.5 Å². The van der Waals surface area contributed by atoms with Crippen molar-refractivity contribution in [1.82, 2.24) is 20.7 Å². The summed E-state index contributed by atoms with van der Waals surface area (Å²) in [5.41, 5.74) is 0.949. The van der Waals surface area contributed by atoms with Crippen LogP contribution in [0.2, 0.25) is 0 Å². The molecule has 1 saturated heterocycles. The van der Waals surface area contributed by atoms with Crippen LogP contribution in [0, 0.1) is 5.41 Å². The second-order valence-corrected chi connectivity index (χ2v) is 10.2. The lowest BCUT2D eigenvalue weighted by atomic mass is 9.73. The van der Waals surface area contributed by atoms with Crippen molar-refractivity contribution in [3.05, 3.63) is 35.5 Å². The molecule has 1 aromatic carbocycles. The molecule has 0 bridgehead atoms. The van der Waals surface area contributed by atoms with Crippen molar-refractivity contribution in [3.8, 4) is 0 Å². The summed E-state index contributed by atoms with van der Waals surface area (Å²) in [6.45, 7) is 7.56. The van der Waals surface area contributed by atoms with E-state index in [9.17, 15) is 22.8 Å². The van der Waals surface area contributed by atoms with Gasteiger partial charge in [0.15, 0.2) is 0 Å². The van der Waals surface area contributed by atoms with E-state index in [1.807, 2.05) is 18.7 Å². The molecule has 12 heteroatoms. The van der Waals surface area contributed by atoms with Gasteiger partial charge in [-0.15, -0.1) is 0 Å². The number of benzene rings is 1. The number of sulfonamides is 1. The first-order valence-corrected chi connectivity index (χ1v) is 13.1. The summed E-state index contributed by atoms with van der Waals surface area (Å²) < 4.78 is 34.0. The van der Waals surface area contributed by atoms with Crippen molar-refractivity contribution in [2.45, 2.75) is 44.6 Å². The number of ether oxygens (including phenoxy) is 1.